The topological polar surface area (TPSA) is 54.4 Å². The maximum absolute atomic E-state index is 10.9. The van der Waals surface area contributed by atoms with E-state index in [1.54, 1.807) is 6.07 Å². The Bertz CT molecular complexity index is 559. The van der Waals surface area contributed by atoms with Crippen molar-refractivity contribution < 1.29 is 14.7 Å². The molecule has 0 unspecified atom stereocenters. The van der Waals surface area contributed by atoms with Crippen molar-refractivity contribution in [2.75, 3.05) is 0 Å². The van der Waals surface area contributed by atoms with Crippen molar-refractivity contribution in [3.63, 3.8) is 0 Å². The standard InChI is InChI=1S/C14H10O3/c15-8-11-6-7-12(14(17)13(11)9-16)10-4-2-1-3-5-10/h1-9,17H. The summed E-state index contributed by atoms with van der Waals surface area (Å²) in [5.74, 6) is -0.157. The van der Waals surface area contributed by atoms with E-state index in [2.05, 4.69) is 0 Å². The SMILES string of the molecule is O=Cc1ccc(-c2ccccc2)c(O)c1C=O. The number of rotatable bonds is 3. The summed E-state index contributed by atoms with van der Waals surface area (Å²) in [4.78, 5) is 21.6. The summed E-state index contributed by atoms with van der Waals surface area (Å²) < 4.78 is 0. The van der Waals surface area contributed by atoms with Gasteiger partial charge >= 0.3 is 0 Å². The molecule has 3 nitrogen and oxygen atoms in total. The van der Waals surface area contributed by atoms with E-state index < -0.39 is 0 Å². The molecule has 0 bridgehead atoms. The highest BCUT2D eigenvalue weighted by Gasteiger charge is 2.12. The van der Waals surface area contributed by atoms with Crippen molar-refractivity contribution in [1.82, 2.24) is 0 Å². The number of hydrogen-bond acceptors (Lipinski definition) is 3. The van der Waals surface area contributed by atoms with E-state index in [1.807, 2.05) is 30.3 Å². The van der Waals surface area contributed by atoms with Crippen molar-refractivity contribution in [3.05, 3.63) is 53.6 Å². The largest absolute Gasteiger partial charge is 0.507 e. The average Bonchev–Trinajstić information content (AvgIpc) is 2.39. The van der Waals surface area contributed by atoms with Gasteiger partial charge in [-0.3, -0.25) is 9.59 Å². The molecule has 2 rings (SSSR count). The molecule has 2 aromatic carbocycles. The summed E-state index contributed by atoms with van der Waals surface area (Å²) in [6, 6.07) is 12.3. The second-order valence-electron chi connectivity index (χ2n) is 3.57. The predicted molar refractivity (Wildman–Crippen MR) is 64.3 cm³/mol. The van der Waals surface area contributed by atoms with Crippen molar-refractivity contribution in [2.24, 2.45) is 0 Å². The van der Waals surface area contributed by atoms with Crippen LogP contribution in [-0.4, -0.2) is 17.7 Å². The Hall–Kier alpha value is -2.42. The molecule has 0 aromatic heterocycles. The molecule has 3 heteroatoms. The van der Waals surface area contributed by atoms with Gasteiger partial charge < -0.3 is 5.11 Å². The maximum atomic E-state index is 10.9. The van der Waals surface area contributed by atoms with Gasteiger partial charge in [0.1, 0.15) is 5.75 Å². The molecule has 0 aliphatic carbocycles. The van der Waals surface area contributed by atoms with Gasteiger partial charge in [-0.2, -0.15) is 0 Å². The Morgan fingerprint density at radius 2 is 1.59 bits per heavy atom. The number of benzene rings is 2. The van der Waals surface area contributed by atoms with Crippen molar-refractivity contribution in [2.45, 2.75) is 0 Å². The first-order valence-corrected chi connectivity index (χ1v) is 5.09. The summed E-state index contributed by atoms with van der Waals surface area (Å²) in [6.45, 7) is 0. The van der Waals surface area contributed by atoms with Gasteiger partial charge in [0.25, 0.3) is 0 Å². The summed E-state index contributed by atoms with van der Waals surface area (Å²) in [6.07, 6.45) is 1.05. The molecule has 0 heterocycles. The molecule has 0 spiro atoms. The average molecular weight is 226 g/mol. The first-order valence-electron chi connectivity index (χ1n) is 5.09. The van der Waals surface area contributed by atoms with Crippen LogP contribution in [0.5, 0.6) is 5.75 Å². The van der Waals surface area contributed by atoms with E-state index in [0.29, 0.717) is 18.1 Å². The molecule has 0 saturated heterocycles. The van der Waals surface area contributed by atoms with E-state index >= 15 is 0 Å². The minimum absolute atomic E-state index is 0.0290. The third kappa shape index (κ3) is 1.95. The lowest BCUT2D eigenvalue weighted by atomic mass is 9.98. The van der Waals surface area contributed by atoms with Gasteiger partial charge in [-0.1, -0.05) is 36.4 Å². The molecule has 2 aromatic rings. The Kier molecular flexibility index (Phi) is 3.01. The zero-order chi connectivity index (χ0) is 12.3. The number of carbonyl (C=O) groups is 2. The number of carbonyl (C=O) groups excluding carboxylic acids is 2. The van der Waals surface area contributed by atoms with Crippen LogP contribution in [-0.2, 0) is 0 Å². The molecule has 0 atom stereocenters. The summed E-state index contributed by atoms with van der Waals surface area (Å²) >= 11 is 0. The normalized spacial score (nSPS) is 9.88. The van der Waals surface area contributed by atoms with E-state index in [1.165, 1.54) is 6.07 Å². The summed E-state index contributed by atoms with van der Waals surface area (Å²) in [5.41, 5.74) is 1.56. The van der Waals surface area contributed by atoms with Crippen molar-refractivity contribution in [3.8, 4) is 16.9 Å². The van der Waals surface area contributed by atoms with Gasteiger partial charge in [0.15, 0.2) is 12.6 Å². The molecule has 1 N–H and O–H groups in total. The van der Waals surface area contributed by atoms with E-state index in [4.69, 9.17) is 0 Å². The molecular weight excluding hydrogens is 216 g/mol. The van der Waals surface area contributed by atoms with Crippen LogP contribution in [0.4, 0.5) is 0 Å². The van der Waals surface area contributed by atoms with Gasteiger partial charge in [-0.15, -0.1) is 0 Å². The van der Waals surface area contributed by atoms with Crippen molar-refractivity contribution in [1.29, 1.82) is 0 Å². The molecular formula is C14H10O3. The number of phenols is 1. The van der Waals surface area contributed by atoms with E-state index in [9.17, 15) is 14.7 Å². The second kappa shape index (κ2) is 4.61. The first kappa shape index (κ1) is 11.1. The van der Waals surface area contributed by atoms with Crippen LogP contribution in [0.15, 0.2) is 42.5 Å². The van der Waals surface area contributed by atoms with Crippen LogP contribution in [0, 0.1) is 0 Å². The number of phenolic OH excluding ortho intramolecular Hbond substituents is 1. The Morgan fingerprint density at radius 1 is 0.882 bits per heavy atom. The van der Waals surface area contributed by atoms with Gasteiger partial charge in [0.2, 0.25) is 0 Å². The van der Waals surface area contributed by atoms with E-state index in [0.717, 1.165) is 5.56 Å². The molecule has 0 aliphatic heterocycles. The van der Waals surface area contributed by atoms with Gasteiger partial charge in [-0.05, 0) is 11.6 Å². The lowest BCUT2D eigenvalue weighted by Crippen LogP contribution is -1.93. The number of aromatic hydroxyl groups is 1. The smallest absolute Gasteiger partial charge is 0.154 e. The minimum Gasteiger partial charge on any atom is -0.507 e. The van der Waals surface area contributed by atoms with Gasteiger partial charge in [0.05, 0.1) is 5.56 Å². The van der Waals surface area contributed by atoms with Crippen LogP contribution >= 0.6 is 0 Å². The Labute approximate surface area is 98.3 Å². The van der Waals surface area contributed by atoms with Crippen LogP contribution in [0.1, 0.15) is 20.7 Å². The summed E-state index contributed by atoms with van der Waals surface area (Å²) in [7, 11) is 0. The predicted octanol–water partition coefficient (Wildman–Crippen LogP) is 2.68. The molecule has 0 saturated carbocycles. The highest BCUT2D eigenvalue weighted by molar-refractivity contribution is 5.96. The van der Waals surface area contributed by atoms with Gasteiger partial charge in [-0.25, -0.2) is 0 Å². The molecule has 17 heavy (non-hydrogen) atoms. The fourth-order valence-corrected chi connectivity index (χ4v) is 1.70. The number of aldehydes is 2. The number of hydrogen-bond donors (Lipinski definition) is 1. The third-order valence-electron chi connectivity index (χ3n) is 2.58. The summed E-state index contributed by atoms with van der Waals surface area (Å²) in [5, 5.41) is 9.96. The van der Waals surface area contributed by atoms with Gasteiger partial charge in [0, 0.05) is 11.1 Å². The van der Waals surface area contributed by atoms with Crippen LogP contribution < -0.4 is 0 Å². The zero-order valence-electron chi connectivity index (χ0n) is 8.96. The zero-order valence-corrected chi connectivity index (χ0v) is 8.96. The molecule has 0 amide bonds. The van der Waals surface area contributed by atoms with Crippen LogP contribution in [0.3, 0.4) is 0 Å². The minimum atomic E-state index is -0.157. The monoisotopic (exact) mass is 226 g/mol. The maximum Gasteiger partial charge on any atom is 0.154 e. The second-order valence-corrected chi connectivity index (χ2v) is 3.57. The Balaban J connectivity index is 2.65. The lowest BCUT2D eigenvalue weighted by Gasteiger charge is -2.08. The molecule has 84 valence electrons. The third-order valence-corrected chi connectivity index (χ3v) is 2.58. The van der Waals surface area contributed by atoms with E-state index in [-0.39, 0.29) is 16.9 Å². The fraction of sp³-hybridized carbons (Fsp3) is 0. The quantitative estimate of drug-likeness (QED) is 0.818. The lowest BCUT2D eigenvalue weighted by molar-refractivity contribution is 0.109. The molecule has 0 aliphatic rings. The highest BCUT2D eigenvalue weighted by atomic mass is 16.3. The molecule has 0 fully saturated rings. The van der Waals surface area contributed by atoms with Crippen LogP contribution in [0.25, 0.3) is 11.1 Å². The first-order chi connectivity index (χ1) is 8.27. The Morgan fingerprint density at radius 3 is 2.18 bits per heavy atom. The molecule has 0 radical (unpaired) electrons. The highest BCUT2D eigenvalue weighted by Crippen LogP contribution is 2.32. The van der Waals surface area contributed by atoms with Crippen LogP contribution in [0.2, 0.25) is 0 Å². The fourth-order valence-electron chi connectivity index (χ4n) is 1.70. The van der Waals surface area contributed by atoms with Crippen molar-refractivity contribution >= 4 is 12.6 Å².